The summed E-state index contributed by atoms with van der Waals surface area (Å²) in [5, 5.41) is 3.14. The molecule has 0 fully saturated rings. The van der Waals surface area contributed by atoms with E-state index in [1.54, 1.807) is 36.5 Å². The molecule has 0 bridgehead atoms. The van der Waals surface area contributed by atoms with Crippen LogP contribution in [0.25, 0.3) is 0 Å². The second kappa shape index (κ2) is 8.06. The number of nitrogens with zero attached hydrogens (tertiary/aromatic N) is 2. The van der Waals surface area contributed by atoms with Crippen LogP contribution in [0.3, 0.4) is 0 Å². The molecule has 0 aliphatic carbocycles. The summed E-state index contributed by atoms with van der Waals surface area (Å²) in [6.07, 6.45) is 3.27. The molecule has 2 heterocycles. The van der Waals surface area contributed by atoms with E-state index in [9.17, 15) is 9.59 Å². The fourth-order valence-corrected chi connectivity index (χ4v) is 3.14. The van der Waals surface area contributed by atoms with Crippen molar-refractivity contribution in [1.29, 1.82) is 0 Å². The number of unbranched alkanes of at least 4 members (excludes halogenated alkanes) is 1. The van der Waals surface area contributed by atoms with E-state index in [2.05, 4.69) is 10.3 Å². The van der Waals surface area contributed by atoms with Gasteiger partial charge in [-0.25, -0.2) is 4.98 Å². The zero-order valence-electron chi connectivity index (χ0n) is 16.0. The Bertz CT molecular complexity index is 905. The number of hydrogen-bond donors (Lipinski definition) is 1. The van der Waals surface area contributed by atoms with Crippen molar-refractivity contribution in [3.05, 3.63) is 41.6 Å². The lowest BCUT2D eigenvalue weighted by atomic mass is 10.0. The van der Waals surface area contributed by atoms with Crippen LogP contribution in [0.2, 0.25) is 5.02 Å². The SMILES string of the molecule is CCCCN1C(=O)[C@@](C)(C(=O)Nc2cc(Cl)ccc2OC)Oc2cccnc21. The zero-order valence-corrected chi connectivity index (χ0v) is 16.7. The number of anilines is 2. The molecule has 0 radical (unpaired) electrons. The van der Waals surface area contributed by atoms with Crippen LogP contribution in [0.15, 0.2) is 36.5 Å². The zero-order chi connectivity index (χ0) is 20.3. The number of methoxy groups -OCH3 is 1. The first-order valence-corrected chi connectivity index (χ1v) is 9.39. The topological polar surface area (TPSA) is 80.8 Å². The van der Waals surface area contributed by atoms with Crippen LogP contribution in [-0.4, -0.2) is 36.1 Å². The van der Waals surface area contributed by atoms with Crippen molar-refractivity contribution < 1.29 is 19.1 Å². The minimum Gasteiger partial charge on any atom is -0.495 e. The molecule has 3 rings (SSSR count). The number of hydrogen-bond acceptors (Lipinski definition) is 5. The van der Waals surface area contributed by atoms with Gasteiger partial charge in [0.25, 0.3) is 17.4 Å². The first-order valence-electron chi connectivity index (χ1n) is 9.01. The lowest BCUT2D eigenvalue weighted by molar-refractivity contribution is -0.145. The number of amides is 2. The van der Waals surface area contributed by atoms with Gasteiger partial charge in [-0.15, -0.1) is 0 Å². The van der Waals surface area contributed by atoms with E-state index in [4.69, 9.17) is 21.1 Å². The van der Waals surface area contributed by atoms with Gasteiger partial charge < -0.3 is 14.8 Å². The summed E-state index contributed by atoms with van der Waals surface area (Å²) in [6.45, 7) is 3.93. The van der Waals surface area contributed by atoms with Crippen molar-refractivity contribution in [2.24, 2.45) is 0 Å². The summed E-state index contributed by atoms with van der Waals surface area (Å²) in [5.74, 6) is 0.148. The Labute approximate surface area is 168 Å². The van der Waals surface area contributed by atoms with Gasteiger partial charge in [0, 0.05) is 17.8 Å². The van der Waals surface area contributed by atoms with Crippen molar-refractivity contribution in [2.75, 3.05) is 23.9 Å². The van der Waals surface area contributed by atoms with Crippen molar-refractivity contribution >= 4 is 34.9 Å². The fraction of sp³-hybridized carbons (Fsp3) is 0.350. The van der Waals surface area contributed by atoms with Crippen LogP contribution in [0.5, 0.6) is 11.5 Å². The number of fused-ring (bicyclic) bond motifs is 1. The van der Waals surface area contributed by atoms with Gasteiger partial charge in [0.05, 0.1) is 12.8 Å². The van der Waals surface area contributed by atoms with Crippen molar-refractivity contribution in [1.82, 2.24) is 4.98 Å². The van der Waals surface area contributed by atoms with Crippen LogP contribution >= 0.6 is 11.6 Å². The van der Waals surface area contributed by atoms with Crippen LogP contribution < -0.4 is 19.7 Å². The maximum Gasteiger partial charge on any atom is 0.282 e. The highest BCUT2D eigenvalue weighted by molar-refractivity contribution is 6.31. The molecule has 7 nitrogen and oxygen atoms in total. The number of nitrogens with one attached hydrogen (secondary N) is 1. The van der Waals surface area contributed by atoms with Gasteiger partial charge >= 0.3 is 0 Å². The van der Waals surface area contributed by atoms with E-state index in [1.807, 2.05) is 6.92 Å². The molecular formula is C20H22ClN3O4. The third kappa shape index (κ3) is 3.62. The third-order valence-electron chi connectivity index (χ3n) is 4.55. The highest BCUT2D eigenvalue weighted by Crippen LogP contribution is 2.37. The van der Waals surface area contributed by atoms with Crippen molar-refractivity contribution in [2.45, 2.75) is 32.3 Å². The molecule has 1 N–H and O–H groups in total. The summed E-state index contributed by atoms with van der Waals surface area (Å²) in [5.41, 5.74) is -1.40. The maximum absolute atomic E-state index is 13.2. The minimum absolute atomic E-state index is 0.356. The molecule has 0 saturated heterocycles. The number of carbonyl (C=O) groups excluding carboxylic acids is 2. The van der Waals surface area contributed by atoms with Gasteiger partial charge in [0.15, 0.2) is 11.6 Å². The van der Waals surface area contributed by atoms with Gasteiger partial charge in [-0.2, -0.15) is 0 Å². The molecule has 8 heteroatoms. The highest BCUT2D eigenvalue weighted by Gasteiger charge is 2.51. The lowest BCUT2D eigenvalue weighted by Gasteiger charge is -2.38. The maximum atomic E-state index is 13.2. The van der Waals surface area contributed by atoms with Crippen molar-refractivity contribution in [3.8, 4) is 11.5 Å². The van der Waals surface area contributed by atoms with E-state index in [1.165, 1.54) is 18.9 Å². The first-order chi connectivity index (χ1) is 13.4. The molecule has 1 atom stereocenters. The number of benzene rings is 1. The number of aromatic nitrogens is 1. The Kier molecular flexibility index (Phi) is 5.74. The average molecular weight is 404 g/mol. The number of pyridine rings is 1. The van der Waals surface area contributed by atoms with Gasteiger partial charge in [-0.05, 0) is 43.7 Å². The van der Waals surface area contributed by atoms with Crippen LogP contribution in [0, 0.1) is 0 Å². The van der Waals surface area contributed by atoms with Gasteiger partial charge in [-0.3, -0.25) is 14.5 Å². The van der Waals surface area contributed by atoms with E-state index in [0.717, 1.165) is 12.8 Å². The number of ether oxygens (including phenoxy) is 2. The highest BCUT2D eigenvalue weighted by atomic mass is 35.5. The Morgan fingerprint density at radius 3 is 2.89 bits per heavy atom. The van der Waals surface area contributed by atoms with E-state index in [0.29, 0.717) is 34.6 Å². The monoisotopic (exact) mass is 403 g/mol. The second-order valence-electron chi connectivity index (χ2n) is 6.57. The van der Waals surface area contributed by atoms with Crippen LogP contribution in [0.1, 0.15) is 26.7 Å². The molecule has 0 saturated carbocycles. The summed E-state index contributed by atoms with van der Waals surface area (Å²) in [4.78, 5) is 32.1. The second-order valence-corrected chi connectivity index (χ2v) is 7.01. The summed E-state index contributed by atoms with van der Waals surface area (Å²) < 4.78 is 11.1. The Morgan fingerprint density at radius 2 is 2.18 bits per heavy atom. The summed E-state index contributed by atoms with van der Waals surface area (Å²) in [6, 6.07) is 8.23. The quantitative estimate of drug-likeness (QED) is 0.744. The smallest absolute Gasteiger partial charge is 0.282 e. The molecule has 1 aliphatic rings. The Hall–Kier alpha value is -2.80. The molecule has 0 spiro atoms. The molecular weight excluding hydrogens is 382 g/mol. The molecule has 28 heavy (non-hydrogen) atoms. The number of carbonyl (C=O) groups is 2. The molecule has 1 aromatic heterocycles. The molecule has 0 unspecified atom stereocenters. The van der Waals surface area contributed by atoms with Crippen molar-refractivity contribution in [3.63, 3.8) is 0 Å². The summed E-state index contributed by atoms with van der Waals surface area (Å²) >= 11 is 6.03. The van der Waals surface area contributed by atoms with Gasteiger partial charge in [0.2, 0.25) is 0 Å². The van der Waals surface area contributed by atoms with Gasteiger partial charge in [0.1, 0.15) is 5.75 Å². The third-order valence-corrected chi connectivity index (χ3v) is 4.79. The number of rotatable bonds is 6. The first kappa shape index (κ1) is 19.9. The van der Waals surface area contributed by atoms with Gasteiger partial charge in [-0.1, -0.05) is 24.9 Å². The normalized spacial score (nSPS) is 18.3. The minimum atomic E-state index is -1.75. The van der Waals surface area contributed by atoms with Crippen LogP contribution in [0.4, 0.5) is 11.5 Å². The van der Waals surface area contributed by atoms with E-state index >= 15 is 0 Å². The van der Waals surface area contributed by atoms with E-state index < -0.39 is 17.4 Å². The Balaban J connectivity index is 1.95. The predicted octanol–water partition coefficient (Wildman–Crippen LogP) is 3.67. The molecule has 1 aromatic carbocycles. The molecule has 1 aliphatic heterocycles. The predicted molar refractivity (Wildman–Crippen MR) is 107 cm³/mol. The van der Waals surface area contributed by atoms with Crippen LogP contribution in [-0.2, 0) is 9.59 Å². The molecule has 2 aromatic rings. The lowest BCUT2D eigenvalue weighted by Crippen LogP contribution is -2.61. The average Bonchev–Trinajstić information content (AvgIpc) is 2.68. The largest absolute Gasteiger partial charge is 0.495 e. The number of halogens is 1. The standard InChI is InChI=1S/C20H22ClN3O4/c1-4-5-11-24-17-16(7-6-10-22-17)28-20(2,19(24)26)18(25)23-14-12-13(21)8-9-15(14)27-3/h6-10,12H,4-5,11H2,1-3H3,(H,23,25)/t20-/m1/s1. The molecule has 148 valence electrons. The molecule has 2 amide bonds. The fourth-order valence-electron chi connectivity index (χ4n) is 2.97. The Morgan fingerprint density at radius 1 is 1.39 bits per heavy atom. The summed E-state index contributed by atoms with van der Waals surface area (Å²) in [7, 11) is 1.48. The van der Waals surface area contributed by atoms with E-state index in [-0.39, 0.29) is 0 Å².